The molecule has 2 N–H and O–H groups in total. The minimum atomic E-state index is -1.09. The molecule has 1 amide bonds. The van der Waals surface area contributed by atoms with Crippen LogP contribution in [-0.2, 0) is 0 Å². The number of allylic oxidation sites excluding steroid dienone is 1. The molecule has 0 fully saturated rings. The van der Waals surface area contributed by atoms with Gasteiger partial charge in [0, 0.05) is 17.7 Å². The van der Waals surface area contributed by atoms with E-state index in [-0.39, 0.29) is 0 Å². The highest BCUT2D eigenvalue weighted by Gasteiger charge is 2.05. The number of hydrogen-bond acceptors (Lipinski definition) is 5. The van der Waals surface area contributed by atoms with Gasteiger partial charge in [0.05, 0.1) is 10.4 Å². The summed E-state index contributed by atoms with van der Waals surface area (Å²) in [6.45, 7) is 8.33. The Kier molecular flexibility index (Phi) is 6.74. The van der Waals surface area contributed by atoms with Crippen molar-refractivity contribution in [2.24, 2.45) is 10.9 Å². The van der Waals surface area contributed by atoms with Crippen molar-refractivity contribution in [1.82, 2.24) is 4.98 Å². The highest BCUT2D eigenvalue weighted by molar-refractivity contribution is 8.01. The van der Waals surface area contributed by atoms with Gasteiger partial charge in [0.15, 0.2) is 5.13 Å². The molecule has 0 radical (unpaired) electrons. The molecule has 0 atom stereocenters. The highest BCUT2D eigenvalue weighted by atomic mass is 32.2. The van der Waals surface area contributed by atoms with E-state index < -0.39 is 6.09 Å². The molecule has 0 aliphatic carbocycles. The van der Waals surface area contributed by atoms with Crippen LogP contribution >= 0.6 is 23.1 Å². The van der Waals surface area contributed by atoms with E-state index >= 15 is 0 Å². The summed E-state index contributed by atoms with van der Waals surface area (Å²) in [4.78, 5) is 18.9. The van der Waals surface area contributed by atoms with E-state index in [1.54, 1.807) is 18.0 Å². The maximum atomic E-state index is 10.5. The molecule has 5 nitrogen and oxygen atoms in total. The van der Waals surface area contributed by atoms with Crippen LogP contribution < -0.4 is 5.32 Å². The smallest absolute Gasteiger partial charge is 0.410 e. The summed E-state index contributed by atoms with van der Waals surface area (Å²) in [5.41, 5.74) is 2.27. The predicted octanol–water partition coefficient (Wildman–Crippen LogP) is 4.35. The van der Waals surface area contributed by atoms with Gasteiger partial charge >= 0.3 is 6.09 Å². The van der Waals surface area contributed by atoms with Crippen molar-refractivity contribution in [2.45, 2.75) is 31.9 Å². The molecule has 0 aliphatic heterocycles. The average molecular weight is 313 g/mol. The van der Waals surface area contributed by atoms with Crippen LogP contribution in [0.3, 0.4) is 0 Å². The van der Waals surface area contributed by atoms with Crippen LogP contribution in [0.15, 0.2) is 27.2 Å². The van der Waals surface area contributed by atoms with Crippen LogP contribution in [0.25, 0.3) is 0 Å². The molecule has 0 aromatic carbocycles. The molecule has 1 aromatic heterocycles. The second kappa shape index (κ2) is 8.06. The van der Waals surface area contributed by atoms with Crippen LogP contribution in [0, 0.1) is 5.92 Å². The van der Waals surface area contributed by atoms with E-state index in [9.17, 15) is 4.79 Å². The number of aliphatic imine (C=N–C) groups is 1. The average Bonchev–Trinajstić information content (AvgIpc) is 2.79. The summed E-state index contributed by atoms with van der Waals surface area (Å²) in [5.74, 6) is 1.27. The summed E-state index contributed by atoms with van der Waals surface area (Å²) >= 11 is 2.92. The Morgan fingerprint density at radius 3 is 2.90 bits per heavy atom. The number of thioether (sulfide) groups is 1. The molecule has 110 valence electrons. The number of carbonyl (C=O) groups is 1. The molecule has 1 heterocycles. The Morgan fingerprint density at radius 2 is 2.30 bits per heavy atom. The van der Waals surface area contributed by atoms with Crippen molar-refractivity contribution in [3.8, 4) is 0 Å². The van der Waals surface area contributed by atoms with Crippen molar-refractivity contribution in [3.05, 3.63) is 18.0 Å². The number of carboxylic acid groups (broad SMARTS) is 1. The fourth-order valence-corrected chi connectivity index (χ4v) is 2.79. The van der Waals surface area contributed by atoms with Crippen molar-refractivity contribution in [3.63, 3.8) is 0 Å². The molecular weight excluding hydrogens is 294 g/mol. The molecular formula is C13H19N3O2S2. The van der Waals surface area contributed by atoms with Gasteiger partial charge in [0.1, 0.15) is 0 Å². The minimum Gasteiger partial charge on any atom is -0.465 e. The summed E-state index contributed by atoms with van der Waals surface area (Å²) in [5, 5.41) is 11.2. The maximum Gasteiger partial charge on any atom is 0.410 e. The topological polar surface area (TPSA) is 74.6 Å². The second-order valence-electron chi connectivity index (χ2n) is 4.60. The fourth-order valence-electron chi connectivity index (χ4n) is 1.05. The lowest BCUT2D eigenvalue weighted by molar-refractivity contribution is 0.209. The molecule has 0 spiro atoms. The lowest BCUT2D eigenvalue weighted by Gasteiger charge is -2.02. The van der Waals surface area contributed by atoms with Gasteiger partial charge in [0.25, 0.3) is 0 Å². The molecule has 7 heteroatoms. The Bertz CT molecular complexity index is 521. The Labute approximate surface area is 127 Å². The molecule has 0 saturated carbocycles. The highest BCUT2D eigenvalue weighted by Crippen LogP contribution is 2.28. The standard InChI is InChI=1S/C13H19N3O2S2/c1-8(2)9(3)5-14-10(4)7-19-11-6-15-12(20-11)16-13(17)18/h5-6,8H,7H2,1-4H3,(H,15,16)(H,17,18)/b9-5+,14-10?. The lowest BCUT2D eigenvalue weighted by Crippen LogP contribution is -2.06. The number of thiazole rings is 1. The Hall–Kier alpha value is -1.34. The number of rotatable bonds is 6. The molecule has 0 aliphatic rings. The zero-order chi connectivity index (χ0) is 15.1. The van der Waals surface area contributed by atoms with Crippen molar-refractivity contribution in [1.29, 1.82) is 0 Å². The first-order valence-corrected chi connectivity index (χ1v) is 7.97. The van der Waals surface area contributed by atoms with Crippen LogP contribution in [0.5, 0.6) is 0 Å². The molecule has 1 rings (SSSR count). The summed E-state index contributed by atoms with van der Waals surface area (Å²) in [6.07, 6.45) is 2.48. The summed E-state index contributed by atoms with van der Waals surface area (Å²) in [6, 6.07) is 0. The lowest BCUT2D eigenvalue weighted by atomic mass is 10.1. The van der Waals surface area contributed by atoms with Gasteiger partial charge in [-0.25, -0.2) is 9.78 Å². The first-order chi connectivity index (χ1) is 9.38. The van der Waals surface area contributed by atoms with Crippen molar-refractivity contribution < 1.29 is 9.90 Å². The van der Waals surface area contributed by atoms with Crippen LogP contribution in [0.4, 0.5) is 9.93 Å². The third-order valence-corrected chi connectivity index (χ3v) is 4.78. The molecule has 0 unspecified atom stereocenters. The Morgan fingerprint density at radius 1 is 1.60 bits per heavy atom. The van der Waals surface area contributed by atoms with Crippen molar-refractivity contribution in [2.75, 3.05) is 11.1 Å². The normalized spacial score (nSPS) is 12.8. The van der Waals surface area contributed by atoms with Gasteiger partial charge in [-0.15, -0.1) is 11.8 Å². The number of hydrogen-bond donors (Lipinski definition) is 2. The van der Waals surface area contributed by atoms with Gasteiger partial charge in [-0.2, -0.15) is 0 Å². The molecule has 0 bridgehead atoms. The zero-order valence-corrected chi connectivity index (χ0v) is 13.6. The number of anilines is 1. The predicted molar refractivity (Wildman–Crippen MR) is 86.2 cm³/mol. The van der Waals surface area contributed by atoms with E-state index in [1.807, 2.05) is 13.1 Å². The molecule has 1 aromatic rings. The second-order valence-corrected chi connectivity index (χ2v) is 6.90. The third-order valence-electron chi connectivity index (χ3n) is 2.52. The third kappa shape index (κ3) is 6.21. The van der Waals surface area contributed by atoms with E-state index in [0.29, 0.717) is 11.0 Å². The maximum absolute atomic E-state index is 10.5. The number of aromatic nitrogens is 1. The van der Waals surface area contributed by atoms with Gasteiger partial charge in [-0.05, 0) is 19.8 Å². The largest absolute Gasteiger partial charge is 0.465 e. The summed E-state index contributed by atoms with van der Waals surface area (Å²) in [7, 11) is 0. The zero-order valence-electron chi connectivity index (χ0n) is 12.0. The first-order valence-electron chi connectivity index (χ1n) is 6.17. The SMILES string of the molecule is CC(CSc1cnc(NC(=O)O)s1)=N/C=C(\C)C(C)C. The van der Waals surface area contributed by atoms with E-state index in [0.717, 1.165) is 15.7 Å². The Balaban J connectivity index is 2.50. The van der Waals surface area contributed by atoms with Gasteiger partial charge in [0.2, 0.25) is 0 Å². The number of nitrogens with zero attached hydrogens (tertiary/aromatic N) is 2. The van der Waals surface area contributed by atoms with E-state index in [1.165, 1.54) is 16.9 Å². The monoisotopic (exact) mass is 313 g/mol. The fraction of sp³-hybridized carbons (Fsp3) is 0.462. The van der Waals surface area contributed by atoms with E-state index in [4.69, 9.17) is 5.11 Å². The molecule has 0 saturated heterocycles. The van der Waals surface area contributed by atoms with Crippen molar-refractivity contribution >= 4 is 40.0 Å². The molecule has 20 heavy (non-hydrogen) atoms. The van der Waals surface area contributed by atoms with Crippen LogP contribution in [0.1, 0.15) is 27.7 Å². The first kappa shape index (κ1) is 16.7. The van der Waals surface area contributed by atoms with Gasteiger partial charge < -0.3 is 5.11 Å². The quantitative estimate of drug-likeness (QED) is 0.605. The number of amides is 1. The summed E-state index contributed by atoms with van der Waals surface area (Å²) < 4.78 is 0.966. The van der Waals surface area contributed by atoms with E-state index in [2.05, 4.69) is 36.1 Å². The number of nitrogens with one attached hydrogen (secondary N) is 1. The minimum absolute atomic E-state index is 0.394. The van der Waals surface area contributed by atoms with Crippen LogP contribution in [0.2, 0.25) is 0 Å². The van der Waals surface area contributed by atoms with Gasteiger partial charge in [-0.3, -0.25) is 10.3 Å². The van der Waals surface area contributed by atoms with Gasteiger partial charge in [-0.1, -0.05) is 30.8 Å². The van der Waals surface area contributed by atoms with Crippen LogP contribution in [-0.4, -0.2) is 27.6 Å².